The Hall–Kier alpha value is -4.46. The largest absolute Gasteiger partial charge is 0.436 e. The first-order valence-electron chi connectivity index (χ1n) is 10.9. The fraction of sp³-hybridized carbons (Fsp3) is 0.167. The lowest BCUT2D eigenvalue weighted by molar-refractivity contribution is -0.141. The number of ketones is 1. The first kappa shape index (κ1) is 25.2. The van der Waals surface area contributed by atoms with Crippen molar-refractivity contribution < 1.29 is 27.1 Å². The Morgan fingerprint density at radius 3 is 2.58 bits per heavy atom. The van der Waals surface area contributed by atoms with E-state index in [1.807, 2.05) is 0 Å². The maximum Gasteiger partial charge on any atom is 0.406 e. The molecule has 0 aliphatic heterocycles. The lowest BCUT2D eigenvalue weighted by Crippen LogP contribution is -2.29. The molecule has 0 radical (unpaired) electrons. The zero-order valence-electron chi connectivity index (χ0n) is 19.7. The number of rotatable bonds is 6. The van der Waals surface area contributed by atoms with Crippen molar-refractivity contribution >= 4 is 22.6 Å². The van der Waals surface area contributed by atoms with Gasteiger partial charge in [0.25, 0.3) is 5.56 Å². The number of pyridine rings is 2. The zero-order valence-corrected chi connectivity index (χ0v) is 20.5. The van der Waals surface area contributed by atoms with Crippen LogP contribution in [0.15, 0.2) is 53.7 Å². The van der Waals surface area contributed by atoms with Crippen LogP contribution in [0.3, 0.4) is 0 Å². The van der Waals surface area contributed by atoms with Crippen LogP contribution >= 0.6 is 11.3 Å². The summed E-state index contributed by atoms with van der Waals surface area (Å²) < 4.78 is 60.5. The number of thiazole rings is 1. The van der Waals surface area contributed by atoms with Gasteiger partial charge in [0.2, 0.25) is 5.88 Å². The molecule has 38 heavy (non-hydrogen) atoms. The summed E-state index contributed by atoms with van der Waals surface area (Å²) in [6.45, 7) is 1.40. The van der Waals surface area contributed by atoms with Crippen molar-refractivity contribution in [2.24, 2.45) is 0 Å². The van der Waals surface area contributed by atoms with Gasteiger partial charge in [-0.15, -0.1) is 16.4 Å². The molecule has 9 nitrogen and oxygen atoms in total. The van der Waals surface area contributed by atoms with Crippen LogP contribution in [0.2, 0.25) is 0 Å². The number of carbonyl (C=O) groups is 1. The molecule has 194 valence electrons. The molecule has 0 amide bonds. The maximum absolute atomic E-state index is 14.9. The predicted molar refractivity (Wildman–Crippen MR) is 129 cm³/mol. The molecule has 0 spiro atoms. The highest BCUT2D eigenvalue weighted by Crippen LogP contribution is 2.37. The molecular weight excluding hydrogens is 528 g/mol. The Kier molecular flexibility index (Phi) is 6.26. The molecule has 14 heteroatoms. The summed E-state index contributed by atoms with van der Waals surface area (Å²) in [5, 5.41) is 12.5. The monoisotopic (exact) mass is 544 g/mol. The van der Waals surface area contributed by atoms with E-state index in [0.717, 1.165) is 29.3 Å². The van der Waals surface area contributed by atoms with Gasteiger partial charge in [0.15, 0.2) is 11.6 Å². The van der Waals surface area contributed by atoms with Gasteiger partial charge in [-0.05, 0) is 31.2 Å². The molecule has 5 heterocycles. The van der Waals surface area contributed by atoms with Crippen LogP contribution < -0.4 is 10.3 Å². The van der Waals surface area contributed by atoms with E-state index in [9.17, 15) is 27.2 Å². The van der Waals surface area contributed by atoms with Crippen LogP contribution in [-0.2, 0) is 6.54 Å². The van der Waals surface area contributed by atoms with Crippen molar-refractivity contribution in [2.45, 2.75) is 26.6 Å². The summed E-state index contributed by atoms with van der Waals surface area (Å²) in [6, 6.07) is 7.79. The van der Waals surface area contributed by atoms with Crippen molar-refractivity contribution in [1.29, 1.82) is 0 Å². The Bertz CT molecular complexity index is 1740. The van der Waals surface area contributed by atoms with Gasteiger partial charge in [-0.2, -0.15) is 23.4 Å². The topological polar surface area (TPSA) is 104 Å². The number of aryl methyl sites for hydroxylation is 1. The Balaban J connectivity index is 1.53. The Labute approximate surface area is 215 Å². The third kappa shape index (κ3) is 4.89. The summed E-state index contributed by atoms with van der Waals surface area (Å²) in [6.07, 6.45) is -0.791. The quantitative estimate of drug-likeness (QED) is 0.217. The molecule has 0 aliphatic carbocycles. The fourth-order valence-corrected chi connectivity index (χ4v) is 4.65. The first-order chi connectivity index (χ1) is 18.0. The van der Waals surface area contributed by atoms with Crippen molar-refractivity contribution in [2.75, 3.05) is 0 Å². The molecule has 5 rings (SSSR count). The van der Waals surface area contributed by atoms with E-state index < -0.39 is 29.9 Å². The number of aromatic nitrogens is 6. The summed E-state index contributed by atoms with van der Waals surface area (Å²) in [5.74, 6) is -1.17. The van der Waals surface area contributed by atoms with E-state index in [-0.39, 0.29) is 26.6 Å². The number of alkyl halides is 3. The highest BCUT2D eigenvalue weighted by molar-refractivity contribution is 7.17. The second kappa shape index (κ2) is 9.45. The molecular formula is C24H16F4N6O3S. The molecule has 0 aliphatic rings. The van der Waals surface area contributed by atoms with E-state index in [1.54, 1.807) is 37.4 Å². The molecule has 5 aromatic heterocycles. The molecule has 0 fully saturated rings. The highest BCUT2D eigenvalue weighted by Gasteiger charge is 2.30. The van der Waals surface area contributed by atoms with Gasteiger partial charge in [0.1, 0.15) is 17.3 Å². The predicted octanol–water partition coefficient (Wildman–Crippen LogP) is 5.08. The number of ether oxygens (including phenoxy) is 1. The smallest absolute Gasteiger partial charge is 0.406 e. The number of carbonyl (C=O) groups excluding carboxylic acids is 1. The molecule has 5 aromatic rings. The minimum atomic E-state index is -4.71. The van der Waals surface area contributed by atoms with Crippen LogP contribution in [0.25, 0.3) is 27.3 Å². The third-order valence-electron chi connectivity index (χ3n) is 5.37. The molecule has 0 atom stereocenters. The maximum atomic E-state index is 14.9. The molecule has 0 saturated heterocycles. The van der Waals surface area contributed by atoms with E-state index in [4.69, 9.17) is 4.74 Å². The van der Waals surface area contributed by atoms with Gasteiger partial charge in [-0.3, -0.25) is 9.59 Å². The molecule has 0 saturated carbocycles. The van der Waals surface area contributed by atoms with Gasteiger partial charge in [-0.25, -0.2) is 13.9 Å². The molecule has 0 bridgehead atoms. The lowest BCUT2D eigenvalue weighted by atomic mass is 10.1. The number of fused-ring (bicyclic) bond motifs is 1. The van der Waals surface area contributed by atoms with Crippen molar-refractivity contribution in [3.8, 4) is 33.5 Å². The van der Waals surface area contributed by atoms with Crippen molar-refractivity contribution in [3.05, 3.63) is 75.7 Å². The zero-order chi connectivity index (χ0) is 27.2. The number of hydrogen-bond acceptors (Lipinski definition) is 8. The van der Waals surface area contributed by atoms with E-state index in [1.165, 1.54) is 17.6 Å². The van der Waals surface area contributed by atoms with Crippen LogP contribution in [0.4, 0.5) is 17.6 Å². The molecule has 0 aromatic carbocycles. The summed E-state index contributed by atoms with van der Waals surface area (Å²) in [4.78, 5) is 29.0. The van der Waals surface area contributed by atoms with Gasteiger partial charge in [-0.1, -0.05) is 0 Å². The number of halogens is 4. The lowest BCUT2D eigenvalue weighted by Gasteiger charge is -2.10. The van der Waals surface area contributed by atoms with E-state index in [0.29, 0.717) is 21.8 Å². The normalized spacial score (nSPS) is 11.7. The summed E-state index contributed by atoms with van der Waals surface area (Å²) >= 11 is 0.953. The number of hydrogen-bond donors (Lipinski definition) is 0. The minimum absolute atomic E-state index is 0.0455. The number of nitrogens with zero attached hydrogens (tertiary/aromatic N) is 6. The second-order valence-electron chi connectivity index (χ2n) is 8.21. The summed E-state index contributed by atoms with van der Waals surface area (Å²) in [5.41, 5.74) is -0.138. The minimum Gasteiger partial charge on any atom is -0.436 e. The van der Waals surface area contributed by atoms with Gasteiger partial charge < -0.3 is 9.30 Å². The van der Waals surface area contributed by atoms with Crippen LogP contribution in [-0.4, -0.2) is 41.3 Å². The highest BCUT2D eigenvalue weighted by atomic mass is 32.1. The van der Waals surface area contributed by atoms with Crippen LogP contribution in [0, 0.1) is 12.7 Å². The Morgan fingerprint density at radius 2 is 1.89 bits per heavy atom. The van der Waals surface area contributed by atoms with Crippen LogP contribution in [0.5, 0.6) is 11.6 Å². The van der Waals surface area contributed by atoms with Crippen molar-refractivity contribution in [1.82, 2.24) is 29.4 Å². The number of Topliss-reactive ketones (excluding diaryl/α,β-unsaturated/α-hetero) is 1. The standard InChI is InChI=1S/C24H16F4N6O3S/c1-12-3-6-18(32-31-12)37-14-4-5-17-16(9-29-34(17)10-14)22-30-20(21(38-22)13(2)35)15-7-8-33(11-24(26,27)28)23(36)19(15)25/h3-10H,11H2,1-2H3. The second-order valence-corrected chi connectivity index (χ2v) is 9.21. The SMILES string of the molecule is CC(=O)c1sc(-c2cnn3cc(Oc4ccc(C)nn4)ccc23)nc1-c1ccn(CC(F)(F)F)c(=O)c1F. The third-order valence-corrected chi connectivity index (χ3v) is 6.56. The Morgan fingerprint density at radius 1 is 1.11 bits per heavy atom. The average Bonchev–Trinajstić information content (AvgIpc) is 3.47. The van der Waals surface area contributed by atoms with Crippen LogP contribution in [0.1, 0.15) is 22.3 Å². The average molecular weight is 544 g/mol. The summed E-state index contributed by atoms with van der Waals surface area (Å²) in [7, 11) is 0. The molecule has 0 unspecified atom stereocenters. The van der Waals surface area contributed by atoms with Gasteiger partial charge in [0.05, 0.1) is 39.7 Å². The van der Waals surface area contributed by atoms with E-state index >= 15 is 0 Å². The van der Waals surface area contributed by atoms with Crippen molar-refractivity contribution in [3.63, 3.8) is 0 Å². The molecule has 0 N–H and O–H groups in total. The van der Waals surface area contributed by atoms with Gasteiger partial charge >= 0.3 is 6.18 Å². The fourth-order valence-electron chi connectivity index (χ4n) is 3.66. The van der Waals surface area contributed by atoms with Gasteiger partial charge in [0, 0.05) is 24.8 Å². The first-order valence-corrected chi connectivity index (χ1v) is 11.8. The van der Waals surface area contributed by atoms with E-state index in [2.05, 4.69) is 20.3 Å².